The molecule has 2 aromatic rings. The predicted molar refractivity (Wildman–Crippen MR) is 84.4 cm³/mol. The fourth-order valence-corrected chi connectivity index (χ4v) is 1.83. The molecule has 1 unspecified atom stereocenters. The Morgan fingerprint density at radius 2 is 1.88 bits per heavy atom. The number of carboxylic acids is 1. The first-order valence-electron chi connectivity index (χ1n) is 7.14. The van der Waals surface area contributed by atoms with Crippen LogP contribution in [0.15, 0.2) is 36.7 Å². The summed E-state index contributed by atoms with van der Waals surface area (Å²) in [5, 5.41) is 11.4. The SMILES string of the molecule is COc1cccc(OC(C)CNC(=O)c2cnc(C(=O)O)cn2)c1. The molecule has 2 rings (SSSR count). The average Bonchev–Trinajstić information content (AvgIpc) is 2.60. The van der Waals surface area contributed by atoms with E-state index in [2.05, 4.69) is 15.3 Å². The molecule has 0 fully saturated rings. The van der Waals surface area contributed by atoms with Gasteiger partial charge in [0.15, 0.2) is 5.69 Å². The molecule has 2 N–H and O–H groups in total. The summed E-state index contributed by atoms with van der Waals surface area (Å²) < 4.78 is 10.8. The summed E-state index contributed by atoms with van der Waals surface area (Å²) in [6.07, 6.45) is 1.87. The van der Waals surface area contributed by atoms with E-state index in [9.17, 15) is 9.59 Å². The van der Waals surface area contributed by atoms with E-state index < -0.39 is 11.9 Å². The van der Waals surface area contributed by atoms with Crippen LogP contribution >= 0.6 is 0 Å². The van der Waals surface area contributed by atoms with Crippen LogP contribution in [0.3, 0.4) is 0 Å². The molecular weight excluding hydrogens is 314 g/mol. The molecule has 8 heteroatoms. The number of carbonyl (C=O) groups excluding carboxylic acids is 1. The maximum atomic E-state index is 11.9. The fraction of sp³-hybridized carbons (Fsp3) is 0.250. The minimum atomic E-state index is -1.20. The molecule has 1 aromatic heterocycles. The number of amides is 1. The molecule has 8 nitrogen and oxygen atoms in total. The Hall–Kier alpha value is -3.16. The predicted octanol–water partition coefficient (Wildman–Crippen LogP) is 1.38. The maximum Gasteiger partial charge on any atom is 0.356 e. The van der Waals surface area contributed by atoms with Gasteiger partial charge in [0.25, 0.3) is 5.91 Å². The topological polar surface area (TPSA) is 111 Å². The number of aromatic carboxylic acids is 1. The molecular formula is C16H17N3O5. The van der Waals surface area contributed by atoms with Crippen molar-refractivity contribution < 1.29 is 24.2 Å². The summed E-state index contributed by atoms with van der Waals surface area (Å²) in [6.45, 7) is 2.05. The minimum Gasteiger partial charge on any atom is -0.497 e. The van der Waals surface area contributed by atoms with Crippen molar-refractivity contribution in [2.45, 2.75) is 13.0 Å². The van der Waals surface area contributed by atoms with Gasteiger partial charge in [-0.1, -0.05) is 6.07 Å². The Morgan fingerprint density at radius 1 is 1.21 bits per heavy atom. The highest BCUT2D eigenvalue weighted by Crippen LogP contribution is 2.19. The number of nitrogens with zero attached hydrogens (tertiary/aromatic N) is 2. The molecule has 126 valence electrons. The summed E-state index contributed by atoms with van der Waals surface area (Å²) in [5.74, 6) is -0.352. The molecule has 0 saturated heterocycles. The van der Waals surface area contributed by atoms with Crippen molar-refractivity contribution >= 4 is 11.9 Å². The van der Waals surface area contributed by atoms with Crippen LogP contribution in [0.2, 0.25) is 0 Å². The summed E-state index contributed by atoms with van der Waals surface area (Å²) in [7, 11) is 1.57. The van der Waals surface area contributed by atoms with Gasteiger partial charge >= 0.3 is 5.97 Å². The van der Waals surface area contributed by atoms with Gasteiger partial charge in [-0.2, -0.15) is 0 Å². The second-order valence-electron chi connectivity index (χ2n) is 4.91. The van der Waals surface area contributed by atoms with E-state index in [4.69, 9.17) is 14.6 Å². The highest BCUT2D eigenvalue weighted by Gasteiger charge is 2.12. The Bertz CT molecular complexity index is 718. The lowest BCUT2D eigenvalue weighted by atomic mass is 10.3. The van der Waals surface area contributed by atoms with Gasteiger partial charge in [-0.15, -0.1) is 0 Å². The summed E-state index contributed by atoms with van der Waals surface area (Å²) in [5.41, 5.74) is -0.185. The van der Waals surface area contributed by atoms with Crippen LogP contribution in [0.1, 0.15) is 27.9 Å². The van der Waals surface area contributed by atoms with Crippen molar-refractivity contribution in [3.63, 3.8) is 0 Å². The van der Waals surface area contributed by atoms with Crippen molar-refractivity contribution in [1.29, 1.82) is 0 Å². The molecule has 24 heavy (non-hydrogen) atoms. The summed E-state index contributed by atoms with van der Waals surface area (Å²) >= 11 is 0. The van der Waals surface area contributed by atoms with E-state index >= 15 is 0 Å². The largest absolute Gasteiger partial charge is 0.497 e. The second-order valence-corrected chi connectivity index (χ2v) is 4.91. The Kier molecular flexibility index (Phi) is 5.67. The first-order valence-corrected chi connectivity index (χ1v) is 7.14. The van der Waals surface area contributed by atoms with E-state index in [0.29, 0.717) is 11.5 Å². The lowest BCUT2D eigenvalue weighted by Gasteiger charge is -2.15. The van der Waals surface area contributed by atoms with Crippen molar-refractivity contribution in [3.05, 3.63) is 48.0 Å². The first kappa shape index (κ1) is 17.2. The zero-order valence-electron chi connectivity index (χ0n) is 13.2. The fourth-order valence-electron chi connectivity index (χ4n) is 1.83. The number of carbonyl (C=O) groups is 2. The molecule has 0 radical (unpaired) electrons. The van der Waals surface area contributed by atoms with E-state index in [1.165, 1.54) is 0 Å². The van der Waals surface area contributed by atoms with E-state index in [0.717, 1.165) is 12.4 Å². The van der Waals surface area contributed by atoms with Crippen LogP contribution in [0.5, 0.6) is 11.5 Å². The minimum absolute atomic E-state index is 0.0357. The lowest BCUT2D eigenvalue weighted by molar-refractivity contribution is 0.0689. The number of carboxylic acid groups (broad SMARTS) is 1. The smallest absolute Gasteiger partial charge is 0.356 e. The molecule has 1 amide bonds. The molecule has 0 bridgehead atoms. The molecule has 0 aliphatic carbocycles. The van der Waals surface area contributed by atoms with Crippen LogP contribution in [0, 0.1) is 0 Å². The number of rotatable bonds is 7. The summed E-state index contributed by atoms with van der Waals surface area (Å²) in [4.78, 5) is 30.1. The molecule has 1 atom stereocenters. The van der Waals surface area contributed by atoms with Crippen molar-refractivity contribution in [3.8, 4) is 11.5 Å². The quantitative estimate of drug-likeness (QED) is 0.788. The van der Waals surface area contributed by atoms with E-state index in [1.54, 1.807) is 38.3 Å². The molecule has 0 saturated carbocycles. The zero-order valence-corrected chi connectivity index (χ0v) is 13.2. The van der Waals surface area contributed by atoms with Gasteiger partial charge in [-0.05, 0) is 19.1 Å². The number of hydrogen-bond acceptors (Lipinski definition) is 6. The third-order valence-electron chi connectivity index (χ3n) is 3.03. The van der Waals surface area contributed by atoms with Gasteiger partial charge in [-0.3, -0.25) is 4.79 Å². The van der Waals surface area contributed by atoms with Gasteiger partial charge < -0.3 is 19.9 Å². The van der Waals surface area contributed by atoms with Crippen LogP contribution < -0.4 is 14.8 Å². The van der Waals surface area contributed by atoms with Crippen LogP contribution in [-0.4, -0.2) is 46.7 Å². The van der Waals surface area contributed by atoms with E-state index in [1.807, 2.05) is 0 Å². The lowest BCUT2D eigenvalue weighted by Crippen LogP contribution is -2.34. The van der Waals surface area contributed by atoms with E-state index in [-0.39, 0.29) is 24.0 Å². The molecule has 1 heterocycles. The number of hydrogen-bond donors (Lipinski definition) is 2. The normalized spacial score (nSPS) is 11.4. The van der Waals surface area contributed by atoms with Crippen molar-refractivity contribution in [1.82, 2.24) is 15.3 Å². The van der Waals surface area contributed by atoms with Crippen molar-refractivity contribution in [2.24, 2.45) is 0 Å². The Morgan fingerprint density at radius 3 is 2.50 bits per heavy atom. The molecule has 0 aliphatic heterocycles. The standard InChI is InChI=1S/C16H17N3O5/c1-10(24-12-5-3-4-11(6-12)23-2)7-19-15(20)13-8-18-14(9-17-13)16(21)22/h3-6,8-10H,7H2,1-2H3,(H,19,20)(H,21,22). The van der Waals surface area contributed by atoms with Gasteiger partial charge in [0, 0.05) is 6.07 Å². The monoisotopic (exact) mass is 331 g/mol. The molecule has 0 spiro atoms. The molecule has 0 aliphatic rings. The average molecular weight is 331 g/mol. The zero-order chi connectivity index (χ0) is 17.5. The second kappa shape index (κ2) is 7.91. The third kappa shape index (κ3) is 4.67. The Labute approximate surface area is 138 Å². The number of ether oxygens (including phenoxy) is 2. The first-order chi connectivity index (χ1) is 11.5. The highest BCUT2D eigenvalue weighted by atomic mass is 16.5. The summed E-state index contributed by atoms with van der Waals surface area (Å²) in [6, 6.07) is 7.14. The third-order valence-corrected chi connectivity index (χ3v) is 3.03. The van der Waals surface area contributed by atoms with Crippen LogP contribution in [-0.2, 0) is 0 Å². The van der Waals surface area contributed by atoms with Gasteiger partial charge in [0.2, 0.25) is 0 Å². The van der Waals surface area contributed by atoms with Gasteiger partial charge in [-0.25, -0.2) is 14.8 Å². The van der Waals surface area contributed by atoms with Crippen LogP contribution in [0.4, 0.5) is 0 Å². The number of aromatic nitrogens is 2. The highest BCUT2D eigenvalue weighted by molar-refractivity contribution is 5.92. The number of benzene rings is 1. The van der Waals surface area contributed by atoms with Gasteiger partial charge in [0.05, 0.1) is 26.0 Å². The van der Waals surface area contributed by atoms with Crippen LogP contribution in [0.25, 0.3) is 0 Å². The molecule has 1 aromatic carbocycles. The number of methoxy groups -OCH3 is 1. The van der Waals surface area contributed by atoms with Crippen molar-refractivity contribution in [2.75, 3.05) is 13.7 Å². The number of nitrogens with one attached hydrogen (secondary N) is 1. The Balaban J connectivity index is 1.87. The maximum absolute atomic E-state index is 11.9. The van der Waals surface area contributed by atoms with Gasteiger partial charge in [0.1, 0.15) is 23.3 Å².